The van der Waals surface area contributed by atoms with E-state index >= 15 is 0 Å². The number of hydrogen-bond donors (Lipinski definition) is 2. The summed E-state index contributed by atoms with van der Waals surface area (Å²) in [5.74, 6) is 1.06. The molecule has 10 nitrogen and oxygen atoms in total. The second kappa shape index (κ2) is 14.9. The number of hydrogen-bond acceptors (Lipinski definition) is 10. The monoisotopic (exact) mass is 750 g/mol. The van der Waals surface area contributed by atoms with Crippen LogP contribution in [0.4, 0.5) is 14.7 Å². The largest absolute Gasteiger partial charge is 0.444 e. The molecule has 2 aromatic heterocycles. The van der Waals surface area contributed by atoms with Gasteiger partial charge in [0.1, 0.15) is 21.9 Å². The fourth-order valence-electron chi connectivity index (χ4n) is 6.90. The van der Waals surface area contributed by atoms with Gasteiger partial charge in [-0.2, -0.15) is 0 Å². The molecule has 2 fully saturated rings. The van der Waals surface area contributed by atoms with Gasteiger partial charge in [0.05, 0.1) is 27.5 Å². The third kappa shape index (κ3) is 8.30. The summed E-state index contributed by atoms with van der Waals surface area (Å²) in [5, 5.41) is 4.53. The first-order chi connectivity index (χ1) is 24.2. The van der Waals surface area contributed by atoms with Gasteiger partial charge in [-0.15, -0.1) is 23.5 Å². The highest BCUT2D eigenvalue weighted by atomic mass is 32.2. The summed E-state index contributed by atoms with van der Waals surface area (Å²) in [5.41, 5.74) is 4.05. The van der Waals surface area contributed by atoms with Gasteiger partial charge in [0.15, 0.2) is 5.13 Å². The minimum Gasteiger partial charge on any atom is -0.444 e. The normalized spacial score (nSPS) is 21.3. The van der Waals surface area contributed by atoms with E-state index in [0.717, 1.165) is 82.3 Å². The molecule has 2 N–H and O–H groups in total. The molecule has 2 saturated heterocycles. The first kappa shape index (κ1) is 37.3. The number of carbonyl (C=O) groups is 2. The topological polar surface area (TPSA) is 113 Å². The number of anilines is 1. The van der Waals surface area contributed by atoms with Gasteiger partial charge in [-0.25, -0.2) is 19.6 Å². The summed E-state index contributed by atoms with van der Waals surface area (Å²) < 4.78 is 12.6. The Labute approximate surface area is 313 Å². The lowest BCUT2D eigenvalue weighted by Crippen LogP contribution is -2.50. The molecule has 0 spiro atoms. The number of piperidine rings is 1. The Kier molecular flexibility index (Phi) is 10.9. The van der Waals surface area contributed by atoms with Crippen LogP contribution in [0.15, 0.2) is 48.7 Å². The third-order valence-electron chi connectivity index (χ3n) is 9.22. The van der Waals surface area contributed by atoms with Gasteiger partial charge in [-0.05, 0) is 109 Å². The molecule has 2 aliphatic rings. The number of rotatable bonds is 8. The van der Waals surface area contributed by atoms with E-state index in [2.05, 4.69) is 59.0 Å². The number of nitrogens with zero attached hydrogens (tertiary/aromatic N) is 4. The van der Waals surface area contributed by atoms with Crippen molar-refractivity contribution in [2.24, 2.45) is 5.92 Å². The lowest BCUT2D eigenvalue weighted by Gasteiger charge is -2.40. The van der Waals surface area contributed by atoms with Crippen molar-refractivity contribution < 1.29 is 19.1 Å². The molecule has 3 atom stereocenters. The number of imidazole rings is 1. The average molecular weight is 751 g/mol. The van der Waals surface area contributed by atoms with E-state index in [-0.39, 0.29) is 17.6 Å². The van der Waals surface area contributed by atoms with Crippen LogP contribution in [0.1, 0.15) is 73.1 Å². The van der Waals surface area contributed by atoms with Crippen LogP contribution in [0.5, 0.6) is 0 Å². The van der Waals surface area contributed by atoms with Crippen LogP contribution in [0, 0.1) is 5.92 Å². The van der Waals surface area contributed by atoms with Gasteiger partial charge in [-0.3, -0.25) is 9.80 Å². The first-order valence-corrected chi connectivity index (χ1v) is 20.9. The van der Waals surface area contributed by atoms with Crippen molar-refractivity contribution in [3.8, 4) is 22.4 Å². The van der Waals surface area contributed by atoms with Crippen molar-refractivity contribution in [2.45, 2.75) is 88.7 Å². The average Bonchev–Trinajstić information content (AvgIpc) is 3.84. The maximum atomic E-state index is 13.2. The smallest absolute Gasteiger partial charge is 0.411 e. The molecule has 2 aromatic carbocycles. The van der Waals surface area contributed by atoms with Crippen molar-refractivity contribution in [1.29, 1.82) is 0 Å². The van der Waals surface area contributed by atoms with Crippen LogP contribution < -0.4 is 5.32 Å². The van der Waals surface area contributed by atoms with Crippen LogP contribution in [-0.2, 0) is 14.3 Å². The highest BCUT2D eigenvalue weighted by Gasteiger charge is 2.48. The van der Waals surface area contributed by atoms with Crippen LogP contribution >= 0.6 is 34.9 Å². The van der Waals surface area contributed by atoms with E-state index in [1.54, 1.807) is 34.9 Å². The van der Waals surface area contributed by atoms with Crippen molar-refractivity contribution >= 4 is 62.4 Å². The molecule has 2 aliphatic heterocycles. The number of amides is 2. The number of likely N-dealkylation sites (tertiary alicyclic amines) is 2. The number of thioether (sulfide) groups is 2. The maximum Gasteiger partial charge on any atom is 0.411 e. The summed E-state index contributed by atoms with van der Waals surface area (Å²) in [6.07, 6.45) is 9.11. The number of aromatic nitrogens is 3. The van der Waals surface area contributed by atoms with Gasteiger partial charge in [-0.1, -0.05) is 41.7 Å². The van der Waals surface area contributed by atoms with E-state index < -0.39 is 16.1 Å². The molecule has 274 valence electrons. The van der Waals surface area contributed by atoms with Gasteiger partial charge in [0.25, 0.3) is 0 Å². The van der Waals surface area contributed by atoms with Crippen LogP contribution in [0.25, 0.3) is 32.6 Å². The first-order valence-electron chi connectivity index (χ1n) is 17.6. The fraction of sp³-hybridized carbons (Fsp3) is 0.526. The number of benzene rings is 2. The second-order valence-electron chi connectivity index (χ2n) is 15.2. The predicted molar refractivity (Wildman–Crippen MR) is 211 cm³/mol. The van der Waals surface area contributed by atoms with Crippen molar-refractivity contribution in [1.82, 2.24) is 24.8 Å². The highest BCUT2D eigenvalue weighted by molar-refractivity contribution is 7.99. The summed E-state index contributed by atoms with van der Waals surface area (Å²) >= 11 is 4.98. The van der Waals surface area contributed by atoms with Gasteiger partial charge in [0.2, 0.25) is 0 Å². The molecule has 13 heteroatoms. The number of ether oxygens (including phenoxy) is 2. The SMILES string of the molecule is CSC1C(CNc2nc3ccc(-c4ccc(-c5cnc(C6(SC)CCCN6C(=O)OC(C)(C)C)[nH]5)cc4)cc3s2)CCCN1C(=O)OC(C)(C)C. The zero-order valence-electron chi connectivity index (χ0n) is 30.9. The number of carbonyl (C=O) groups excluding carboxylic acids is 2. The van der Waals surface area contributed by atoms with Gasteiger partial charge < -0.3 is 19.8 Å². The predicted octanol–water partition coefficient (Wildman–Crippen LogP) is 9.65. The van der Waals surface area contributed by atoms with Crippen molar-refractivity contribution in [2.75, 3.05) is 37.5 Å². The molecule has 6 rings (SSSR count). The maximum absolute atomic E-state index is 13.2. The fourth-order valence-corrected chi connectivity index (χ4v) is 9.90. The molecule has 2 amide bonds. The minimum absolute atomic E-state index is 0.0553. The van der Waals surface area contributed by atoms with E-state index in [9.17, 15) is 9.59 Å². The molecule has 3 unspecified atom stereocenters. The molecule has 0 radical (unpaired) electrons. The van der Waals surface area contributed by atoms with E-state index in [0.29, 0.717) is 12.5 Å². The molecule has 0 saturated carbocycles. The highest BCUT2D eigenvalue weighted by Crippen LogP contribution is 2.46. The van der Waals surface area contributed by atoms with Crippen LogP contribution in [0.3, 0.4) is 0 Å². The van der Waals surface area contributed by atoms with E-state index in [4.69, 9.17) is 19.4 Å². The Hall–Kier alpha value is -3.42. The van der Waals surface area contributed by atoms with Crippen LogP contribution in [-0.4, -0.2) is 85.7 Å². The van der Waals surface area contributed by atoms with Crippen LogP contribution in [0.2, 0.25) is 0 Å². The van der Waals surface area contributed by atoms with E-state index in [1.807, 2.05) is 63.8 Å². The standard InChI is InChI=1S/C38H50N6O4S3/c1-36(2,3)47-34(45)43-19-9-11-27(31(43)49-7)22-40-33-42-28-17-16-26(21-30(28)51-33)24-12-14-25(15-13-24)29-23-39-32(41-29)38(50-8)18-10-20-44(38)35(46)48-37(4,5)6/h12-17,21,23,27,31H,9-11,18-20,22H2,1-8H3,(H,39,41)(H,40,42). The summed E-state index contributed by atoms with van der Waals surface area (Å²) in [6, 6.07) is 14.9. The number of thiazole rings is 1. The Morgan fingerprint density at radius 1 is 0.961 bits per heavy atom. The zero-order valence-corrected chi connectivity index (χ0v) is 33.3. The molecular formula is C38H50N6O4S3. The molecular weight excluding hydrogens is 701 g/mol. The number of aromatic amines is 1. The van der Waals surface area contributed by atoms with Crippen molar-refractivity contribution in [3.63, 3.8) is 0 Å². The number of H-pyrrole nitrogens is 1. The van der Waals surface area contributed by atoms with Gasteiger partial charge >= 0.3 is 12.2 Å². The summed E-state index contributed by atoms with van der Waals surface area (Å²) in [7, 11) is 0. The second-order valence-corrected chi connectivity index (χ2v) is 18.3. The van der Waals surface area contributed by atoms with Gasteiger partial charge in [0, 0.05) is 25.6 Å². The van der Waals surface area contributed by atoms with E-state index in [1.165, 1.54) is 0 Å². The Morgan fingerprint density at radius 3 is 2.33 bits per heavy atom. The van der Waals surface area contributed by atoms with Crippen molar-refractivity contribution in [3.05, 3.63) is 54.5 Å². The molecule has 4 aromatic rings. The minimum atomic E-state index is -0.591. The number of nitrogens with one attached hydrogen (secondary N) is 2. The lowest BCUT2D eigenvalue weighted by molar-refractivity contribution is 0.0131. The zero-order chi connectivity index (χ0) is 36.6. The molecule has 0 aliphatic carbocycles. The quantitative estimate of drug-likeness (QED) is 0.182. The third-order valence-corrected chi connectivity index (χ3v) is 12.6. The molecule has 4 heterocycles. The Bertz CT molecular complexity index is 1850. The number of fused-ring (bicyclic) bond motifs is 1. The Balaban J connectivity index is 1.12. The summed E-state index contributed by atoms with van der Waals surface area (Å²) in [4.78, 5) is 42.4. The molecule has 51 heavy (non-hydrogen) atoms. The summed E-state index contributed by atoms with van der Waals surface area (Å²) in [6.45, 7) is 13.5. The Morgan fingerprint density at radius 2 is 1.65 bits per heavy atom. The lowest BCUT2D eigenvalue weighted by atomic mass is 9.98. The molecule has 0 bridgehead atoms.